The minimum atomic E-state index is -3.39. The molecule has 2 aromatic rings. The van der Waals surface area contributed by atoms with E-state index in [2.05, 4.69) is 4.99 Å². The van der Waals surface area contributed by atoms with Gasteiger partial charge in [0.25, 0.3) is 0 Å². The van der Waals surface area contributed by atoms with E-state index in [4.69, 9.17) is 11.6 Å². The van der Waals surface area contributed by atoms with Gasteiger partial charge in [-0.25, -0.2) is 8.42 Å². The Balaban J connectivity index is 1.75. The Morgan fingerprint density at radius 3 is 2.38 bits per heavy atom. The number of rotatable bonds is 4. The highest BCUT2D eigenvalue weighted by molar-refractivity contribution is 7.89. The number of hydrogen-bond acceptors (Lipinski definition) is 3. The maximum atomic E-state index is 12.6. The number of aliphatic imine (C=N–C) groups is 1. The van der Waals surface area contributed by atoms with Crippen LogP contribution in [0.25, 0.3) is 0 Å². The fraction of sp³-hybridized carbons (Fsp3) is 0.278. The molecule has 1 heterocycles. The Morgan fingerprint density at radius 1 is 1.00 bits per heavy atom. The van der Waals surface area contributed by atoms with Crippen LogP contribution in [-0.4, -0.2) is 32.0 Å². The van der Waals surface area contributed by atoms with Crippen LogP contribution in [0.15, 0.2) is 58.4 Å². The van der Waals surface area contributed by atoms with E-state index in [-0.39, 0.29) is 0 Å². The van der Waals surface area contributed by atoms with Gasteiger partial charge >= 0.3 is 0 Å². The molecule has 0 unspecified atom stereocenters. The summed E-state index contributed by atoms with van der Waals surface area (Å²) in [5.74, 6) is 0. The second kappa shape index (κ2) is 7.47. The summed E-state index contributed by atoms with van der Waals surface area (Å²) >= 11 is 5.94. The number of hydrogen-bond donors (Lipinski definition) is 0. The van der Waals surface area contributed by atoms with E-state index in [9.17, 15) is 8.42 Å². The fourth-order valence-electron chi connectivity index (χ4n) is 2.69. The molecule has 0 atom stereocenters. The van der Waals surface area contributed by atoms with Crippen LogP contribution in [0.3, 0.4) is 0 Å². The van der Waals surface area contributed by atoms with Gasteiger partial charge < -0.3 is 0 Å². The van der Waals surface area contributed by atoms with Crippen molar-refractivity contribution >= 4 is 33.5 Å². The molecule has 0 radical (unpaired) electrons. The van der Waals surface area contributed by atoms with Crippen LogP contribution >= 0.6 is 11.6 Å². The fourth-order valence-corrected chi connectivity index (χ4v) is 4.41. The highest BCUT2D eigenvalue weighted by Gasteiger charge is 2.25. The average molecular weight is 363 g/mol. The molecule has 24 heavy (non-hydrogen) atoms. The van der Waals surface area contributed by atoms with Gasteiger partial charge in [-0.05, 0) is 54.8 Å². The first-order valence-corrected chi connectivity index (χ1v) is 9.77. The van der Waals surface area contributed by atoms with E-state index in [0.717, 1.165) is 24.8 Å². The minimum absolute atomic E-state index is 0.325. The van der Waals surface area contributed by atoms with Crippen molar-refractivity contribution < 1.29 is 8.42 Å². The van der Waals surface area contributed by atoms with Gasteiger partial charge in [-0.2, -0.15) is 4.31 Å². The van der Waals surface area contributed by atoms with E-state index >= 15 is 0 Å². The zero-order valence-corrected chi connectivity index (χ0v) is 14.8. The summed E-state index contributed by atoms with van der Waals surface area (Å²) in [5, 5.41) is 0.655. The van der Waals surface area contributed by atoms with Crippen molar-refractivity contribution in [2.75, 3.05) is 13.1 Å². The normalized spacial score (nSPS) is 16.5. The Bertz CT molecular complexity index is 826. The van der Waals surface area contributed by atoms with Crippen molar-refractivity contribution in [3.05, 3.63) is 59.1 Å². The van der Waals surface area contributed by atoms with Gasteiger partial charge in [0, 0.05) is 24.3 Å². The van der Waals surface area contributed by atoms with Crippen molar-refractivity contribution in [3.63, 3.8) is 0 Å². The molecule has 1 fully saturated rings. The lowest BCUT2D eigenvalue weighted by molar-refractivity contribution is 0.346. The Morgan fingerprint density at radius 2 is 1.71 bits per heavy atom. The molecule has 0 bridgehead atoms. The van der Waals surface area contributed by atoms with Crippen molar-refractivity contribution in [1.82, 2.24) is 4.31 Å². The smallest absolute Gasteiger partial charge is 0.243 e. The van der Waals surface area contributed by atoms with Crippen LogP contribution in [0.4, 0.5) is 5.69 Å². The maximum Gasteiger partial charge on any atom is 0.243 e. The minimum Gasteiger partial charge on any atom is -0.256 e. The topological polar surface area (TPSA) is 49.7 Å². The first-order valence-electron chi connectivity index (χ1n) is 7.95. The van der Waals surface area contributed by atoms with Gasteiger partial charge in [0.05, 0.1) is 10.6 Å². The number of nitrogens with zero attached hydrogens (tertiary/aromatic N) is 2. The van der Waals surface area contributed by atoms with Crippen molar-refractivity contribution in [2.24, 2.45) is 4.99 Å². The van der Waals surface area contributed by atoms with Crippen LogP contribution in [0, 0.1) is 0 Å². The molecule has 6 heteroatoms. The molecule has 0 spiro atoms. The van der Waals surface area contributed by atoms with Gasteiger partial charge in [0.2, 0.25) is 10.0 Å². The van der Waals surface area contributed by atoms with Gasteiger partial charge in [-0.1, -0.05) is 30.2 Å². The standard InChI is InChI=1S/C18H19ClN2O2S/c19-16-6-4-5-15(13-16)14-20-17-7-9-18(10-8-17)24(22,23)21-11-2-1-3-12-21/h4-10,13-14H,1-3,11-12H2. The van der Waals surface area contributed by atoms with E-state index in [1.165, 1.54) is 0 Å². The molecule has 0 saturated carbocycles. The second-order valence-electron chi connectivity index (χ2n) is 5.77. The first-order chi connectivity index (χ1) is 11.6. The lowest BCUT2D eigenvalue weighted by Gasteiger charge is -2.25. The molecule has 2 aromatic carbocycles. The van der Waals surface area contributed by atoms with E-state index in [1.54, 1.807) is 40.9 Å². The molecule has 126 valence electrons. The monoisotopic (exact) mass is 362 g/mol. The van der Waals surface area contributed by atoms with E-state index in [1.807, 2.05) is 18.2 Å². The highest BCUT2D eigenvalue weighted by Crippen LogP contribution is 2.23. The van der Waals surface area contributed by atoms with Crippen molar-refractivity contribution in [2.45, 2.75) is 24.2 Å². The van der Waals surface area contributed by atoms with Crippen LogP contribution < -0.4 is 0 Å². The lowest BCUT2D eigenvalue weighted by atomic mass is 10.2. The van der Waals surface area contributed by atoms with Crippen molar-refractivity contribution in [1.29, 1.82) is 0 Å². The summed E-state index contributed by atoms with van der Waals surface area (Å²) in [6.07, 6.45) is 4.67. The molecule has 1 saturated heterocycles. The first kappa shape index (κ1) is 17.1. The third-order valence-corrected chi connectivity index (χ3v) is 6.15. The highest BCUT2D eigenvalue weighted by atomic mass is 35.5. The average Bonchev–Trinajstić information content (AvgIpc) is 2.61. The van der Waals surface area contributed by atoms with E-state index < -0.39 is 10.0 Å². The van der Waals surface area contributed by atoms with Crippen LogP contribution in [0.5, 0.6) is 0 Å². The number of piperidine rings is 1. The van der Waals surface area contributed by atoms with Crippen LogP contribution in [0.1, 0.15) is 24.8 Å². The number of halogens is 1. The Kier molecular flexibility index (Phi) is 5.33. The summed E-state index contributed by atoms with van der Waals surface area (Å²) in [7, 11) is -3.39. The predicted octanol–water partition coefficient (Wildman–Crippen LogP) is 4.27. The molecule has 1 aliphatic heterocycles. The summed E-state index contributed by atoms with van der Waals surface area (Å²) in [6, 6.07) is 14.1. The Hall–Kier alpha value is -1.69. The number of benzene rings is 2. The lowest BCUT2D eigenvalue weighted by Crippen LogP contribution is -2.35. The Labute approximate surface area is 147 Å². The quantitative estimate of drug-likeness (QED) is 0.763. The predicted molar refractivity (Wildman–Crippen MR) is 97.8 cm³/mol. The molecule has 3 rings (SSSR count). The van der Waals surface area contributed by atoms with Crippen LogP contribution in [0.2, 0.25) is 5.02 Å². The van der Waals surface area contributed by atoms with Gasteiger partial charge in [-0.3, -0.25) is 4.99 Å². The molecule has 0 aromatic heterocycles. The molecule has 0 aliphatic carbocycles. The van der Waals surface area contributed by atoms with Gasteiger partial charge in [0.15, 0.2) is 0 Å². The largest absolute Gasteiger partial charge is 0.256 e. The SMILES string of the molecule is O=S(=O)(c1ccc(N=Cc2cccc(Cl)c2)cc1)N1CCCCC1. The zero-order chi connectivity index (χ0) is 17.0. The van der Waals surface area contributed by atoms with Gasteiger partial charge in [-0.15, -0.1) is 0 Å². The third kappa shape index (κ3) is 4.04. The van der Waals surface area contributed by atoms with Crippen molar-refractivity contribution in [3.8, 4) is 0 Å². The van der Waals surface area contributed by atoms with Gasteiger partial charge in [0.1, 0.15) is 0 Å². The summed E-state index contributed by atoms with van der Waals surface area (Å²) in [4.78, 5) is 4.69. The molecule has 0 N–H and O–H groups in total. The van der Waals surface area contributed by atoms with E-state index in [0.29, 0.717) is 28.7 Å². The molecule has 4 nitrogen and oxygen atoms in total. The molecular weight excluding hydrogens is 344 g/mol. The van der Waals surface area contributed by atoms with Crippen LogP contribution in [-0.2, 0) is 10.0 Å². The summed E-state index contributed by atoms with van der Waals surface area (Å²) < 4.78 is 26.7. The molecular formula is C18H19ClN2O2S. The maximum absolute atomic E-state index is 12.6. The summed E-state index contributed by atoms with van der Waals surface area (Å²) in [6.45, 7) is 1.22. The zero-order valence-electron chi connectivity index (χ0n) is 13.2. The molecule has 1 aliphatic rings. The second-order valence-corrected chi connectivity index (χ2v) is 8.15. The molecule has 0 amide bonds. The number of sulfonamides is 1. The summed E-state index contributed by atoms with van der Waals surface area (Å²) in [5.41, 5.74) is 1.60. The third-order valence-electron chi connectivity index (χ3n) is 4.00.